The number of halogens is 3. The molecule has 2 aliphatic rings. The van der Waals surface area contributed by atoms with Gasteiger partial charge in [-0.1, -0.05) is 44.2 Å². The molecule has 0 saturated heterocycles. The summed E-state index contributed by atoms with van der Waals surface area (Å²) in [4.78, 5) is 38.6. The van der Waals surface area contributed by atoms with E-state index in [1.165, 1.54) is 0 Å². The van der Waals surface area contributed by atoms with Crippen molar-refractivity contribution in [2.75, 3.05) is 0 Å². The van der Waals surface area contributed by atoms with Crippen LogP contribution in [-0.4, -0.2) is 34.2 Å². The Morgan fingerprint density at radius 1 is 1.14 bits per heavy atom. The van der Waals surface area contributed by atoms with E-state index in [4.69, 9.17) is 0 Å². The molecule has 2 amide bonds. The Morgan fingerprint density at radius 3 is 2.29 bits per heavy atom. The third-order valence-corrected chi connectivity index (χ3v) is 5.09. The number of Topliss-reactive ketones (excluding diaryl/α,β-unsaturated/α-hetero) is 1. The average molecular weight is 394 g/mol. The van der Waals surface area contributed by atoms with E-state index >= 15 is 0 Å². The van der Waals surface area contributed by atoms with E-state index in [-0.39, 0.29) is 25.1 Å². The number of benzene rings is 1. The van der Waals surface area contributed by atoms with Crippen molar-refractivity contribution in [2.45, 2.75) is 51.9 Å². The Bertz CT molecular complexity index is 874. The van der Waals surface area contributed by atoms with E-state index in [1.807, 2.05) is 0 Å². The second kappa shape index (κ2) is 6.46. The summed E-state index contributed by atoms with van der Waals surface area (Å²) < 4.78 is 42.7. The fourth-order valence-corrected chi connectivity index (χ4v) is 4.02. The predicted octanol–water partition coefficient (Wildman–Crippen LogP) is 3.11. The topological polar surface area (TPSA) is 66.5 Å². The SMILES string of the molecule is CC(=O)N[C@]1(C(F)(F)F)C(=O)N(Cc2ccccc2)C2=C1C(=O)CC(C)(C)C2. The van der Waals surface area contributed by atoms with Gasteiger partial charge in [0.15, 0.2) is 5.78 Å². The fourth-order valence-electron chi connectivity index (χ4n) is 4.02. The standard InChI is InChI=1S/C20H21F3N2O3/c1-12(26)24-19(20(21,22)23)16-14(9-18(2,3)10-15(16)27)25(17(19)28)11-13-7-5-4-6-8-13/h4-8H,9-11H2,1-3H3,(H,24,26)/t19-/m0/s1. The Hall–Kier alpha value is -2.64. The minimum absolute atomic E-state index is 0.0428. The van der Waals surface area contributed by atoms with E-state index < -0.39 is 40.3 Å². The zero-order valence-electron chi connectivity index (χ0n) is 15.8. The Balaban J connectivity index is 2.22. The minimum Gasteiger partial charge on any atom is -0.331 e. The number of nitrogens with one attached hydrogen (secondary N) is 1. The lowest BCUT2D eigenvalue weighted by Crippen LogP contribution is -2.65. The molecule has 1 atom stereocenters. The highest BCUT2D eigenvalue weighted by atomic mass is 19.4. The van der Waals surface area contributed by atoms with Crippen LogP contribution in [0.3, 0.4) is 0 Å². The first-order valence-corrected chi connectivity index (χ1v) is 8.87. The van der Waals surface area contributed by atoms with E-state index in [0.29, 0.717) is 5.56 Å². The van der Waals surface area contributed by atoms with Gasteiger partial charge in [-0.3, -0.25) is 14.4 Å². The summed E-state index contributed by atoms with van der Waals surface area (Å²) in [6, 6.07) is 8.56. The molecule has 1 heterocycles. The van der Waals surface area contributed by atoms with E-state index in [1.54, 1.807) is 49.5 Å². The highest BCUT2D eigenvalue weighted by Crippen LogP contribution is 2.52. The zero-order valence-corrected chi connectivity index (χ0v) is 15.8. The summed E-state index contributed by atoms with van der Waals surface area (Å²) in [5.41, 5.74) is -3.91. The predicted molar refractivity (Wildman–Crippen MR) is 94.6 cm³/mol. The third-order valence-electron chi connectivity index (χ3n) is 5.09. The van der Waals surface area contributed by atoms with Gasteiger partial charge in [-0.15, -0.1) is 0 Å². The van der Waals surface area contributed by atoms with E-state index in [2.05, 4.69) is 0 Å². The van der Waals surface area contributed by atoms with Crippen molar-refractivity contribution < 1.29 is 27.6 Å². The Kier molecular flexibility index (Phi) is 4.64. The number of alkyl halides is 3. The van der Waals surface area contributed by atoms with Crippen LogP contribution in [-0.2, 0) is 20.9 Å². The number of carbonyl (C=O) groups excluding carboxylic acids is 3. The van der Waals surface area contributed by atoms with Gasteiger partial charge in [-0.25, -0.2) is 0 Å². The third kappa shape index (κ3) is 3.10. The molecule has 1 N–H and O–H groups in total. The number of rotatable bonds is 3. The number of hydrogen-bond donors (Lipinski definition) is 1. The number of carbonyl (C=O) groups is 3. The summed E-state index contributed by atoms with van der Waals surface area (Å²) in [6.45, 7) is 4.33. The first kappa shape index (κ1) is 20.1. The molecule has 28 heavy (non-hydrogen) atoms. The summed E-state index contributed by atoms with van der Waals surface area (Å²) in [5.74, 6) is -3.13. The quantitative estimate of drug-likeness (QED) is 0.857. The largest absolute Gasteiger partial charge is 0.425 e. The number of ketones is 1. The molecule has 1 aromatic carbocycles. The monoisotopic (exact) mass is 394 g/mol. The molecule has 150 valence electrons. The van der Waals surface area contributed by atoms with Gasteiger partial charge in [0.2, 0.25) is 11.4 Å². The number of hydrogen-bond acceptors (Lipinski definition) is 3. The normalized spacial score (nSPS) is 24.4. The van der Waals surface area contributed by atoms with Gasteiger partial charge < -0.3 is 10.2 Å². The molecule has 0 aromatic heterocycles. The summed E-state index contributed by atoms with van der Waals surface area (Å²) >= 11 is 0. The molecule has 1 aliphatic heterocycles. The molecule has 1 aromatic rings. The van der Waals surface area contributed by atoms with Crippen molar-refractivity contribution >= 4 is 17.6 Å². The van der Waals surface area contributed by atoms with Gasteiger partial charge >= 0.3 is 6.18 Å². The summed E-state index contributed by atoms with van der Waals surface area (Å²) in [7, 11) is 0. The number of nitrogens with zero attached hydrogens (tertiary/aromatic N) is 1. The number of amides is 2. The van der Waals surface area contributed by atoms with Crippen LogP contribution in [0.15, 0.2) is 41.6 Å². The Morgan fingerprint density at radius 2 is 1.75 bits per heavy atom. The maximum atomic E-state index is 14.2. The van der Waals surface area contributed by atoms with Crippen LogP contribution >= 0.6 is 0 Å². The van der Waals surface area contributed by atoms with Crippen LogP contribution in [0.1, 0.15) is 39.2 Å². The highest BCUT2D eigenvalue weighted by Gasteiger charge is 2.71. The number of allylic oxidation sites excluding steroid dienone is 1. The van der Waals surface area contributed by atoms with Gasteiger partial charge in [-0.05, 0) is 17.4 Å². The van der Waals surface area contributed by atoms with Crippen LogP contribution in [0.4, 0.5) is 13.2 Å². The molecular formula is C20H21F3N2O3. The van der Waals surface area contributed by atoms with E-state index in [0.717, 1.165) is 11.8 Å². The van der Waals surface area contributed by atoms with Crippen molar-refractivity contribution in [1.29, 1.82) is 0 Å². The molecule has 3 rings (SSSR count). The maximum Gasteiger partial charge on any atom is 0.425 e. The van der Waals surface area contributed by atoms with Crippen LogP contribution in [0.2, 0.25) is 0 Å². The minimum atomic E-state index is -5.15. The summed E-state index contributed by atoms with van der Waals surface area (Å²) in [5, 5.41) is 1.78. The average Bonchev–Trinajstić information content (AvgIpc) is 2.77. The smallest absolute Gasteiger partial charge is 0.331 e. The fraction of sp³-hybridized carbons (Fsp3) is 0.450. The maximum absolute atomic E-state index is 14.2. The molecule has 1 aliphatic carbocycles. The van der Waals surface area contributed by atoms with Crippen molar-refractivity contribution in [1.82, 2.24) is 10.2 Å². The van der Waals surface area contributed by atoms with Crippen LogP contribution in [0.5, 0.6) is 0 Å². The molecule has 0 spiro atoms. The van der Waals surface area contributed by atoms with Crippen molar-refractivity contribution in [3.8, 4) is 0 Å². The molecule has 0 radical (unpaired) electrons. The molecule has 8 heteroatoms. The molecule has 0 bridgehead atoms. The van der Waals surface area contributed by atoms with Gasteiger partial charge in [0, 0.05) is 19.0 Å². The second-order valence-corrected chi connectivity index (χ2v) is 8.07. The van der Waals surface area contributed by atoms with Crippen molar-refractivity contribution in [2.24, 2.45) is 5.41 Å². The molecule has 0 saturated carbocycles. The van der Waals surface area contributed by atoms with E-state index in [9.17, 15) is 27.6 Å². The van der Waals surface area contributed by atoms with Gasteiger partial charge in [0.25, 0.3) is 5.91 Å². The molecule has 5 nitrogen and oxygen atoms in total. The highest BCUT2D eigenvalue weighted by molar-refractivity contribution is 6.13. The lowest BCUT2D eigenvalue weighted by Gasteiger charge is -2.35. The molecule has 0 unspecified atom stereocenters. The zero-order chi connectivity index (χ0) is 20.9. The van der Waals surface area contributed by atoms with Crippen molar-refractivity contribution in [3.05, 3.63) is 47.2 Å². The van der Waals surface area contributed by atoms with Gasteiger partial charge in [0.05, 0.1) is 12.1 Å². The molecular weight excluding hydrogens is 373 g/mol. The van der Waals surface area contributed by atoms with Gasteiger partial charge in [-0.2, -0.15) is 13.2 Å². The lowest BCUT2D eigenvalue weighted by molar-refractivity contribution is -0.194. The van der Waals surface area contributed by atoms with Crippen LogP contribution < -0.4 is 5.32 Å². The van der Waals surface area contributed by atoms with Crippen LogP contribution in [0.25, 0.3) is 0 Å². The Labute approximate surface area is 160 Å². The summed E-state index contributed by atoms with van der Waals surface area (Å²) in [6.07, 6.45) is -5.15. The van der Waals surface area contributed by atoms with Crippen molar-refractivity contribution in [3.63, 3.8) is 0 Å². The first-order valence-electron chi connectivity index (χ1n) is 8.87. The lowest BCUT2D eigenvalue weighted by atomic mass is 9.72. The first-order chi connectivity index (χ1) is 12.9. The second-order valence-electron chi connectivity index (χ2n) is 8.07. The van der Waals surface area contributed by atoms with Crippen LogP contribution in [0, 0.1) is 5.41 Å². The van der Waals surface area contributed by atoms with Gasteiger partial charge in [0.1, 0.15) is 0 Å². The molecule has 0 fully saturated rings.